The number of rotatable bonds is 4. The van der Waals surface area contributed by atoms with E-state index in [0.717, 1.165) is 11.1 Å². The van der Waals surface area contributed by atoms with Gasteiger partial charge in [-0.15, -0.1) is 0 Å². The highest BCUT2D eigenvalue weighted by Gasteiger charge is 2.42. The molecular formula is C24H23F3N6O2. The maximum absolute atomic E-state index is 13.2. The van der Waals surface area contributed by atoms with Crippen molar-refractivity contribution in [2.75, 3.05) is 23.3 Å². The Balaban J connectivity index is 1.36. The molecule has 1 aliphatic rings. The topological polar surface area (TPSA) is 88.6 Å². The lowest BCUT2D eigenvalue weighted by molar-refractivity contribution is -0.176. The van der Waals surface area contributed by atoms with E-state index in [1.54, 1.807) is 28.8 Å². The van der Waals surface area contributed by atoms with Crippen molar-refractivity contribution in [1.82, 2.24) is 19.5 Å². The summed E-state index contributed by atoms with van der Waals surface area (Å²) >= 11 is 0. The lowest BCUT2D eigenvalue weighted by Gasteiger charge is -2.32. The molecule has 5 rings (SSSR count). The number of alkyl halides is 3. The minimum absolute atomic E-state index is 0.0566. The molecule has 1 saturated heterocycles. The van der Waals surface area contributed by atoms with Gasteiger partial charge in [0.2, 0.25) is 5.82 Å². The summed E-state index contributed by atoms with van der Waals surface area (Å²) < 4.78 is 46.5. The number of amides is 1. The Morgan fingerprint density at radius 3 is 2.83 bits per heavy atom. The fourth-order valence-corrected chi connectivity index (χ4v) is 4.21. The molecule has 1 atom stereocenters. The molecule has 3 aromatic heterocycles. The first kappa shape index (κ1) is 22.9. The number of hydrogen-bond donors (Lipinski definition) is 1. The normalized spacial score (nSPS) is 16.6. The Morgan fingerprint density at radius 1 is 1.20 bits per heavy atom. The lowest BCUT2D eigenvalue weighted by atomic mass is 9.98. The van der Waals surface area contributed by atoms with Crippen LogP contribution in [0.3, 0.4) is 0 Å². The third-order valence-electron chi connectivity index (χ3n) is 6.22. The minimum Gasteiger partial charge on any atom is -0.324 e. The minimum atomic E-state index is -4.26. The van der Waals surface area contributed by atoms with E-state index in [4.69, 9.17) is 4.52 Å². The van der Waals surface area contributed by atoms with Crippen LogP contribution in [0.5, 0.6) is 0 Å². The zero-order chi connectivity index (χ0) is 24.7. The Bertz CT molecular complexity index is 1390. The fourth-order valence-electron chi connectivity index (χ4n) is 4.21. The molecule has 0 saturated carbocycles. The van der Waals surface area contributed by atoms with Gasteiger partial charge in [-0.05, 0) is 56.0 Å². The van der Waals surface area contributed by atoms with Crippen LogP contribution in [0.1, 0.15) is 34.5 Å². The van der Waals surface area contributed by atoms with Crippen LogP contribution >= 0.6 is 0 Å². The summed E-state index contributed by atoms with van der Waals surface area (Å²) in [4.78, 5) is 23.1. The van der Waals surface area contributed by atoms with Crippen LogP contribution in [-0.2, 0) is 0 Å². The molecule has 1 N–H and O–H groups in total. The smallest absolute Gasteiger partial charge is 0.324 e. The van der Waals surface area contributed by atoms with E-state index in [1.165, 1.54) is 11.1 Å². The number of aromatic nitrogens is 4. The molecule has 11 heteroatoms. The van der Waals surface area contributed by atoms with Gasteiger partial charge in [-0.3, -0.25) is 9.20 Å². The van der Waals surface area contributed by atoms with Crippen LogP contribution < -0.4 is 10.2 Å². The SMILES string of the molecule is Cc1ccn2c(C(=O)Nc3cc(-c4noc(N5CCCC(C(F)(F)F)C5)n4)ccc3C)cnc2c1. The number of fused-ring (bicyclic) bond motifs is 1. The van der Waals surface area contributed by atoms with Crippen molar-refractivity contribution in [3.63, 3.8) is 0 Å². The number of carbonyl (C=O) groups excluding carboxylic acids is 1. The Labute approximate surface area is 198 Å². The zero-order valence-corrected chi connectivity index (χ0v) is 19.1. The molecule has 0 radical (unpaired) electrons. The van der Waals surface area contributed by atoms with Crippen molar-refractivity contribution in [3.8, 4) is 11.4 Å². The molecule has 182 valence electrons. The van der Waals surface area contributed by atoms with E-state index in [2.05, 4.69) is 20.4 Å². The van der Waals surface area contributed by atoms with Gasteiger partial charge < -0.3 is 14.7 Å². The van der Waals surface area contributed by atoms with Crippen LogP contribution in [0.2, 0.25) is 0 Å². The molecular weight excluding hydrogens is 461 g/mol. The molecule has 35 heavy (non-hydrogen) atoms. The number of nitrogens with zero attached hydrogens (tertiary/aromatic N) is 5. The molecule has 1 amide bonds. The molecule has 0 aliphatic carbocycles. The van der Waals surface area contributed by atoms with E-state index in [9.17, 15) is 18.0 Å². The Hall–Kier alpha value is -3.89. The average molecular weight is 484 g/mol. The molecule has 0 spiro atoms. The third kappa shape index (κ3) is 4.58. The number of halogens is 3. The molecule has 4 aromatic rings. The van der Waals surface area contributed by atoms with Crippen molar-refractivity contribution in [3.05, 3.63) is 59.5 Å². The number of pyridine rings is 1. The van der Waals surface area contributed by atoms with E-state index >= 15 is 0 Å². The van der Waals surface area contributed by atoms with E-state index < -0.39 is 12.1 Å². The number of benzene rings is 1. The molecule has 1 unspecified atom stereocenters. The summed E-state index contributed by atoms with van der Waals surface area (Å²) in [6.07, 6.45) is -0.465. The average Bonchev–Trinajstić information content (AvgIpc) is 3.47. The second kappa shape index (κ2) is 8.71. The fraction of sp³-hybridized carbons (Fsp3) is 0.333. The standard InChI is InChI=1S/C24H23F3N6O2/c1-14-7-9-33-19(12-28-20(33)10-14)22(34)29-18-11-16(6-5-15(18)2)21-30-23(35-31-21)32-8-3-4-17(13-32)24(25,26)27/h5-7,9-12,17H,3-4,8,13H2,1-2H3,(H,29,34). The number of aryl methyl sites for hydroxylation is 2. The van der Waals surface area contributed by atoms with Gasteiger partial charge in [0.15, 0.2) is 0 Å². The van der Waals surface area contributed by atoms with Crippen molar-refractivity contribution >= 4 is 23.3 Å². The van der Waals surface area contributed by atoms with Crippen LogP contribution in [0.15, 0.2) is 47.2 Å². The number of carbonyl (C=O) groups is 1. The van der Waals surface area contributed by atoms with Gasteiger partial charge in [0.1, 0.15) is 11.3 Å². The third-order valence-corrected chi connectivity index (χ3v) is 6.22. The van der Waals surface area contributed by atoms with Crippen LogP contribution in [0.4, 0.5) is 24.9 Å². The van der Waals surface area contributed by atoms with Crippen molar-refractivity contribution in [2.24, 2.45) is 5.92 Å². The second-order valence-electron chi connectivity index (χ2n) is 8.79. The lowest BCUT2D eigenvalue weighted by Crippen LogP contribution is -2.41. The van der Waals surface area contributed by atoms with Crippen molar-refractivity contribution in [1.29, 1.82) is 0 Å². The number of anilines is 2. The van der Waals surface area contributed by atoms with E-state index in [1.807, 2.05) is 26.0 Å². The van der Waals surface area contributed by atoms with E-state index in [-0.39, 0.29) is 30.7 Å². The zero-order valence-electron chi connectivity index (χ0n) is 19.1. The van der Waals surface area contributed by atoms with Gasteiger partial charge in [0, 0.05) is 30.5 Å². The maximum Gasteiger partial charge on any atom is 0.393 e. The molecule has 1 aliphatic heterocycles. The molecule has 8 nitrogen and oxygen atoms in total. The van der Waals surface area contributed by atoms with E-state index in [0.29, 0.717) is 35.6 Å². The Kier molecular flexibility index (Phi) is 5.70. The van der Waals surface area contributed by atoms with Crippen molar-refractivity contribution in [2.45, 2.75) is 32.9 Å². The van der Waals surface area contributed by atoms with Gasteiger partial charge in [0.05, 0.1) is 12.1 Å². The predicted octanol–water partition coefficient (Wildman–Crippen LogP) is 5.03. The van der Waals surface area contributed by atoms with Gasteiger partial charge in [-0.25, -0.2) is 4.98 Å². The number of imidazole rings is 1. The number of hydrogen-bond acceptors (Lipinski definition) is 6. The highest BCUT2D eigenvalue weighted by molar-refractivity contribution is 6.04. The maximum atomic E-state index is 13.2. The molecule has 1 aromatic carbocycles. The van der Waals surface area contributed by atoms with Crippen LogP contribution in [0, 0.1) is 19.8 Å². The first-order valence-corrected chi connectivity index (χ1v) is 11.2. The number of nitrogens with one attached hydrogen (secondary N) is 1. The summed E-state index contributed by atoms with van der Waals surface area (Å²) in [7, 11) is 0. The molecule has 0 bridgehead atoms. The van der Waals surface area contributed by atoms with Crippen molar-refractivity contribution < 1.29 is 22.5 Å². The summed E-state index contributed by atoms with van der Waals surface area (Å²) in [6.45, 7) is 4.01. The van der Waals surface area contributed by atoms with Gasteiger partial charge in [0.25, 0.3) is 5.91 Å². The second-order valence-corrected chi connectivity index (χ2v) is 8.79. The Morgan fingerprint density at radius 2 is 2.03 bits per heavy atom. The summed E-state index contributed by atoms with van der Waals surface area (Å²) in [5.74, 6) is -1.52. The first-order chi connectivity index (χ1) is 16.7. The molecule has 4 heterocycles. The van der Waals surface area contributed by atoms with Gasteiger partial charge >= 0.3 is 12.2 Å². The quantitative estimate of drug-likeness (QED) is 0.437. The highest BCUT2D eigenvalue weighted by atomic mass is 19.4. The van der Waals surface area contributed by atoms with Gasteiger partial charge in [-0.1, -0.05) is 17.3 Å². The van der Waals surface area contributed by atoms with Crippen LogP contribution in [-0.4, -0.2) is 44.7 Å². The highest BCUT2D eigenvalue weighted by Crippen LogP contribution is 2.35. The largest absolute Gasteiger partial charge is 0.393 e. The van der Waals surface area contributed by atoms with Crippen LogP contribution in [0.25, 0.3) is 17.0 Å². The number of piperidine rings is 1. The first-order valence-electron chi connectivity index (χ1n) is 11.2. The predicted molar refractivity (Wildman–Crippen MR) is 123 cm³/mol. The monoisotopic (exact) mass is 484 g/mol. The summed E-state index contributed by atoms with van der Waals surface area (Å²) in [6, 6.07) is 9.12. The summed E-state index contributed by atoms with van der Waals surface area (Å²) in [5, 5.41) is 6.86. The van der Waals surface area contributed by atoms with Gasteiger partial charge in [-0.2, -0.15) is 18.2 Å². The summed E-state index contributed by atoms with van der Waals surface area (Å²) in [5.41, 5.74) is 4.03. The molecule has 1 fully saturated rings.